The SMILES string of the molecule is CC1(C)C[C@@H](NC(=O)COc2cccc(Cl)c2)c2ccccc2O1. The Bertz CT molecular complexity index is 745. The van der Waals surface area contributed by atoms with Crippen molar-refractivity contribution >= 4 is 17.5 Å². The first-order chi connectivity index (χ1) is 11.4. The molecule has 2 aromatic carbocycles. The summed E-state index contributed by atoms with van der Waals surface area (Å²) in [4.78, 5) is 12.3. The predicted molar refractivity (Wildman–Crippen MR) is 93.6 cm³/mol. The second kappa shape index (κ2) is 6.73. The minimum absolute atomic E-state index is 0.0553. The molecular weight excluding hydrogens is 326 g/mol. The van der Waals surface area contributed by atoms with Crippen molar-refractivity contribution in [2.24, 2.45) is 0 Å². The van der Waals surface area contributed by atoms with Crippen LogP contribution in [0.5, 0.6) is 11.5 Å². The molecule has 2 aromatic rings. The molecule has 24 heavy (non-hydrogen) atoms. The van der Waals surface area contributed by atoms with E-state index in [9.17, 15) is 4.79 Å². The van der Waals surface area contributed by atoms with Gasteiger partial charge in [0.15, 0.2) is 6.61 Å². The van der Waals surface area contributed by atoms with Crippen molar-refractivity contribution in [2.45, 2.75) is 31.9 Å². The molecule has 0 aromatic heterocycles. The van der Waals surface area contributed by atoms with Crippen LogP contribution in [-0.4, -0.2) is 18.1 Å². The van der Waals surface area contributed by atoms with Crippen molar-refractivity contribution in [1.29, 1.82) is 0 Å². The maximum Gasteiger partial charge on any atom is 0.258 e. The van der Waals surface area contributed by atoms with Crippen LogP contribution in [0.25, 0.3) is 0 Å². The van der Waals surface area contributed by atoms with Gasteiger partial charge < -0.3 is 14.8 Å². The number of hydrogen-bond acceptors (Lipinski definition) is 3. The van der Waals surface area contributed by atoms with E-state index in [1.54, 1.807) is 24.3 Å². The highest BCUT2D eigenvalue weighted by Gasteiger charge is 2.34. The van der Waals surface area contributed by atoms with Crippen LogP contribution in [0.15, 0.2) is 48.5 Å². The molecule has 1 aliphatic heterocycles. The van der Waals surface area contributed by atoms with Crippen LogP contribution < -0.4 is 14.8 Å². The number of rotatable bonds is 4. The molecule has 3 rings (SSSR count). The molecule has 5 heteroatoms. The van der Waals surface area contributed by atoms with E-state index in [0.29, 0.717) is 17.2 Å². The Labute approximate surface area is 146 Å². The zero-order valence-corrected chi connectivity index (χ0v) is 14.5. The lowest BCUT2D eigenvalue weighted by Gasteiger charge is -2.37. The topological polar surface area (TPSA) is 47.6 Å². The van der Waals surface area contributed by atoms with Crippen LogP contribution in [0.3, 0.4) is 0 Å². The molecule has 4 nitrogen and oxygen atoms in total. The Morgan fingerprint density at radius 3 is 2.88 bits per heavy atom. The number of para-hydroxylation sites is 1. The highest BCUT2D eigenvalue weighted by atomic mass is 35.5. The van der Waals surface area contributed by atoms with Gasteiger partial charge in [-0.05, 0) is 38.1 Å². The number of amides is 1. The quantitative estimate of drug-likeness (QED) is 0.906. The molecule has 1 aliphatic rings. The maximum atomic E-state index is 12.3. The minimum atomic E-state index is -0.333. The van der Waals surface area contributed by atoms with Crippen LogP contribution in [0.4, 0.5) is 0 Å². The third-order valence-corrected chi connectivity index (χ3v) is 4.11. The van der Waals surface area contributed by atoms with Gasteiger partial charge in [0.25, 0.3) is 5.91 Å². The summed E-state index contributed by atoms with van der Waals surface area (Å²) in [6.45, 7) is 3.98. The van der Waals surface area contributed by atoms with Crippen molar-refractivity contribution < 1.29 is 14.3 Å². The summed E-state index contributed by atoms with van der Waals surface area (Å²) in [7, 11) is 0. The van der Waals surface area contributed by atoms with Crippen molar-refractivity contribution in [1.82, 2.24) is 5.32 Å². The second-order valence-corrected chi connectivity index (χ2v) is 6.91. The van der Waals surface area contributed by atoms with Crippen LogP contribution in [0.2, 0.25) is 5.02 Å². The average molecular weight is 346 g/mol. The van der Waals surface area contributed by atoms with Crippen LogP contribution in [-0.2, 0) is 4.79 Å². The maximum absolute atomic E-state index is 12.3. The predicted octanol–water partition coefficient (Wildman–Crippen LogP) is 4.14. The molecule has 126 valence electrons. The van der Waals surface area contributed by atoms with Crippen molar-refractivity contribution in [3.8, 4) is 11.5 Å². The Morgan fingerprint density at radius 2 is 2.08 bits per heavy atom. The average Bonchev–Trinajstić information content (AvgIpc) is 2.52. The monoisotopic (exact) mass is 345 g/mol. The van der Waals surface area contributed by atoms with E-state index in [1.807, 2.05) is 38.1 Å². The first kappa shape index (κ1) is 16.7. The number of halogens is 1. The molecule has 1 heterocycles. The van der Waals surface area contributed by atoms with Gasteiger partial charge in [-0.25, -0.2) is 0 Å². The highest BCUT2D eigenvalue weighted by Crippen LogP contribution is 2.39. The zero-order valence-electron chi connectivity index (χ0n) is 13.7. The van der Waals surface area contributed by atoms with Crippen molar-refractivity contribution in [3.63, 3.8) is 0 Å². The third-order valence-electron chi connectivity index (χ3n) is 3.88. The standard InChI is InChI=1S/C19H20ClNO3/c1-19(2)11-16(15-8-3-4-9-17(15)24-19)21-18(22)12-23-14-7-5-6-13(20)10-14/h3-10,16H,11-12H2,1-2H3,(H,21,22)/t16-/m1/s1. The fraction of sp³-hybridized carbons (Fsp3) is 0.316. The van der Waals surface area contributed by atoms with Crippen LogP contribution in [0, 0.1) is 0 Å². The molecule has 0 bridgehead atoms. The number of carbonyl (C=O) groups excluding carboxylic acids is 1. The van der Waals surface area contributed by atoms with Gasteiger partial charge in [-0.2, -0.15) is 0 Å². The van der Waals surface area contributed by atoms with E-state index < -0.39 is 0 Å². The lowest BCUT2D eigenvalue weighted by molar-refractivity contribution is -0.124. The summed E-state index contributed by atoms with van der Waals surface area (Å²) in [5.74, 6) is 1.22. The van der Waals surface area contributed by atoms with E-state index in [1.165, 1.54) is 0 Å². The molecule has 1 N–H and O–H groups in total. The van der Waals surface area contributed by atoms with E-state index >= 15 is 0 Å². The summed E-state index contributed by atoms with van der Waals surface area (Å²) in [5.41, 5.74) is 0.660. The largest absolute Gasteiger partial charge is 0.487 e. The Morgan fingerprint density at radius 1 is 1.29 bits per heavy atom. The molecule has 0 spiro atoms. The molecule has 0 aliphatic carbocycles. The number of carbonyl (C=O) groups is 1. The molecule has 0 fully saturated rings. The van der Waals surface area contributed by atoms with Crippen molar-refractivity contribution in [2.75, 3.05) is 6.61 Å². The number of ether oxygens (including phenoxy) is 2. The van der Waals surface area contributed by atoms with E-state index in [-0.39, 0.29) is 24.2 Å². The van der Waals surface area contributed by atoms with Gasteiger partial charge in [-0.3, -0.25) is 4.79 Å². The van der Waals surface area contributed by atoms with Gasteiger partial charge in [-0.1, -0.05) is 35.9 Å². The second-order valence-electron chi connectivity index (χ2n) is 6.47. The van der Waals surface area contributed by atoms with Gasteiger partial charge in [0.05, 0.1) is 6.04 Å². The Balaban J connectivity index is 1.65. The first-order valence-electron chi connectivity index (χ1n) is 7.89. The summed E-state index contributed by atoms with van der Waals surface area (Å²) in [6, 6.07) is 14.7. The fourth-order valence-corrected chi connectivity index (χ4v) is 3.05. The molecule has 0 radical (unpaired) electrons. The summed E-state index contributed by atoms with van der Waals surface area (Å²) in [6.07, 6.45) is 0.701. The summed E-state index contributed by atoms with van der Waals surface area (Å²) < 4.78 is 11.5. The smallest absolute Gasteiger partial charge is 0.258 e. The van der Waals surface area contributed by atoms with Gasteiger partial charge in [0.1, 0.15) is 17.1 Å². The van der Waals surface area contributed by atoms with Crippen LogP contribution >= 0.6 is 11.6 Å². The molecule has 1 amide bonds. The van der Waals surface area contributed by atoms with E-state index in [4.69, 9.17) is 21.1 Å². The van der Waals surface area contributed by atoms with Gasteiger partial charge in [0, 0.05) is 17.0 Å². The molecular formula is C19H20ClNO3. The summed E-state index contributed by atoms with van der Waals surface area (Å²) >= 11 is 5.91. The van der Waals surface area contributed by atoms with Crippen LogP contribution in [0.1, 0.15) is 31.9 Å². The number of fused-ring (bicyclic) bond motifs is 1. The number of benzene rings is 2. The fourth-order valence-electron chi connectivity index (χ4n) is 2.87. The van der Waals surface area contributed by atoms with Crippen molar-refractivity contribution in [3.05, 3.63) is 59.1 Å². The Hall–Kier alpha value is -2.20. The van der Waals surface area contributed by atoms with Gasteiger partial charge in [-0.15, -0.1) is 0 Å². The molecule has 0 saturated carbocycles. The van der Waals surface area contributed by atoms with Gasteiger partial charge in [0.2, 0.25) is 0 Å². The molecule has 1 atom stereocenters. The molecule has 0 saturated heterocycles. The number of nitrogens with one attached hydrogen (secondary N) is 1. The highest BCUT2D eigenvalue weighted by molar-refractivity contribution is 6.30. The molecule has 0 unspecified atom stereocenters. The minimum Gasteiger partial charge on any atom is -0.487 e. The lowest BCUT2D eigenvalue weighted by atomic mass is 9.90. The zero-order chi connectivity index (χ0) is 17.2. The first-order valence-corrected chi connectivity index (χ1v) is 8.26. The third kappa shape index (κ3) is 4.01. The summed E-state index contributed by atoms with van der Waals surface area (Å²) in [5, 5.41) is 3.62. The lowest BCUT2D eigenvalue weighted by Crippen LogP contribution is -2.42. The Kier molecular flexibility index (Phi) is 4.67. The van der Waals surface area contributed by atoms with E-state index in [0.717, 1.165) is 11.3 Å². The van der Waals surface area contributed by atoms with E-state index in [2.05, 4.69) is 5.32 Å². The number of hydrogen-bond donors (Lipinski definition) is 1. The normalized spacial score (nSPS) is 18.2. The van der Waals surface area contributed by atoms with Gasteiger partial charge >= 0.3 is 0 Å².